The second-order valence-electron chi connectivity index (χ2n) is 7.41. The molecule has 3 aromatic carbocycles. The number of rotatable bonds is 8. The lowest BCUT2D eigenvalue weighted by molar-refractivity contribution is -0.139. The summed E-state index contributed by atoms with van der Waals surface area (Å²) in [5, 5.41) is 8.69. The zero-order chi connectivity index (χ0) is 23.6. The van der Waals surface area contributed by atoms with Gasteiger partial charge in [-0.25, -0.2) is 18.2 Å². The third kappa shape index (κ3) is 4.81. The second-order valence-corrected chi connectivity index (χ2v) is 9.10. The number of ether oxygens (including phenoxy) is 1. The number of carboxylic acid groups (broad SMARTS) is 1. The largest absolute Gasteiger partial charge is 0.482 e. The molecule has 0 saturated heterocycles. The summed E-state index contributed by atoms with van der Waals surface area (Å²) in [6.45, 7) is 1.79. The Morgan fingerprint density at radius 1 is 1.15 bits per heavy atom. The molecule has 0 amide bonds. The summed E-state index contributed by atoms with van der Waals surface area (Å²) in [6.07, 6.45) is 0. The number of anilines is 1. The number of aromatic amines is 1. The third-order valence-electron chi connectivity index (χ3n) is 4.95. The zero-order valence-electron chi connectivity index (χ0n) is 17.7. The van der Waals surface area contributed by atoms with Crippen molar-refractivity contribution in [3.63, 3.8) is 0 Å². The molecule has 0 aliphatic heterocycles. The number of sulfonamides is 1. The number of aliphatic carboxylic acids is 1. The minimum atomic E-state index is -3.93. The highest BCUT2D eigenvalue weighted by atomic mass is 32.2. The summed E-state index contributed by atoms with van der Waals surface area (Å²) in [7, 11) is -3.93. The van der Waals surface area contributed by atoms with E-state index in [-0.39, 0.29) is 10.6 Å². The molecule has 9 nitrogen and oxygen atoms in total. The molecule has 1 aromatic heterocycles. The predicted octanol–water partition coefficient (Wildman–Crippen LogP) is 3.26. The predicted molar refractivity (Wildman–Crippen MR) is 125 cm³/mol. The number of H-pyrrole nitrogens is 1. The number of carbonyl (C=O) groups is 1. The maximum absolute atomic E-state index is 13.0. The number of aryl methyl sites for hydroxylation is 1. The Kier molecular flexibility index (Phi) is 6.03. The number of imidazole rings is 1. The van der Waals surface area contributed by atoms with Crippen molar-refractivity contribution in [3.05, 3.63) is 71.8 Å². The van der Waals surface area contributed by atoms with Gasteiger partial charge in [0.15, 0.2) is 6.61 Å². The summed E-state index contributed by atoms with van der Waals surface area (Å²) in [4.78, 5) is 18.5. The van der Waals surface area contributed by atoms with Crippen LogP contribution in [0.25, 0.3) is 22.4 Å². The van der Waals surface area contributed by atoms with Crippen molar-refractivity contribution < 1.29 is 23.1 Å². The number of hydrogen-bond acceptors (Lipinski definition) is 6. The maximum Gasteiger partial charge on any atom is 0.341 e. The Hall–Kier alpha value is -3.89. The van der Waals surface area contributed by atoms with Gasteiger partial charge in [0.25, 0.3) is 10.0 Å². The molecular weight excluding hydrogens is 444 g/mol. The van der Waals surface area contributed by atoms with Crippen LogP contribution in [0.5, 0.6) is 5.75 Å². The number of para-hydroxylation sites is 1. The first kappa shape index (κ1) is 22.3. The van der Waals surface area contributed by atoms with Gasteiger partial charge in [-0.2, -0.15) is 0 Å². The fourth-order valence-electron chi connectivity index (χ4n) is 3.47. The van der Waals surface area contributed by atoms with Crippen LogP contribution in [-0.2, 0) is 21.4 Å². The van der Waals surface area contributed by atoms with Gasteiger partial charge in [0.05, 0.1) is 21.6 Å². The first-order valence-corrected chi connectivity index (χ1v) is 11.5. The number of benzene rings is 3. The molecule has 0 unspecified atom stereocenters. The van der Waals surface area contributed by atoms with Gasteiger partial charge in [0.1, 0.15) is 11.6 Å². The second kappa shape index (κ2) is 8.93. The van der Waals surface area contributed by atoms with Crippen LogP contribution in [0.2, 0.25) is 0 Å². The van der Waals surface area contributed by atoms with Crippen LogP contribution in [0, 0.1) is 6.92 Å². The Labute approximate surface area is 190 Å². The third-order valence-corrected chi connectivity index (χ3v) is 6.33. The van der Waals surface area contributed by atoms with Crippen molar-refractivity contribution in [2.45, 2.75) is 18.4 Å². The van der Waals surface area contributed by atoms with Crippen LogP contribution in [0.4, 0.5) is 5.69 Å². The van der Waals surface area contributed by atoms with E-state index >= 15 is 0 Å². The standard InChI is InChI=1S/C23H22N4O5S/c1-14-10-15(12-24)22-20(11-14)25-23(26-22)18-4-2-3-5-19(18)27-33(30,31)17-8-6-16(7-9-17)32-13-21(28)29/h2-11,27H,12-13,24H2,1H3,(H,25,26)(H,28,29). The summed E-state index contributed by atoms with van der Waals surface area (Å²) in [5.41, 5.74) is 10.3. The number of aromatic nitrogens is 2. The summed E-state index contributed by atoms with van der Waals surface area (Å²) in [6, 6.07) is 16.4. The van der Waals surface area contributed by atoms with Crippen molar-refractivity contribution >= 4 is 32.7 Å². The molecule has 1 heterocycles. The molecule has 10 heteroatoms. The van der Waals surface area contributed by atoms with E-state index < -0.39 is 22.6 Å². The van der Waals surface area contributed by atoms with E-state index in [0.717, 1.165) is 22.2 Å². The highest BCUT2D eigenvalue weighted by molar-refractivity contribution is 7.92. The topological polar surface area (TPSA) is 147 Å². The molecule has 0 spiro atoms. The zero-order valence-corrected chi connectivity index (χ0v) is 18.5. The Bertz CT molecular complexity index is 1430. The first-order chi connectivity index (χ1) is 15.8. The Morgan fingerprint density at radius 3 is 2.58 bits per heavy atom. The lowest BCUT2D eigenvalue weighted by Crippen LogP contribution is -2.14. The van der Waals surface area contributed by atoms with Crippen LogP contribution in [0.1, 0.15) is 11.1 Å². The smallest absolute Gasteiger partial charge is 0.341 e. The van der Waals surface area contributed by atoms with Crippen LogP contribution < -0.4 is 15.2 Å². The van der Waals surface area contributed by atoms with Crippen LogP contribution in [0.3, 0.4) is 0 Å². The highest BCUT2D eigenvalue weighted by Gasteiger charge is 2.19. The van der Waals surface area contributed by atoms with E-state index in [9.17, 15) is 13.2 Å². The normalized spacial score (nSPS) is 11.5. The van der Waals surface area contributed by atoms with Gasteiger partial charge in [-0.05, 0) is 60.5 Å². The van der Waals surface area contributed by atoms with Gasteiger partial charge < -0.3 is 20.6 Å². The van der Waals surface area contributed by atoms with Crippen LogP contribution in [-0.4, -0.2) is 36.1 Å². The van der Waals surface area contributed by atoms with Crippen molar-refractivity contribution in [2.75, 3.05) is 11.3 Å². The van der Waals surface area contributed by atoms with Crippen molar-refractivity contribution in [1.82, 2.24) is 9.97 Å². The Morgan fingerprint density at radius 2 is 1.88 bits per heavy atom. The van der Waals surface area contributed by atoms with E-state index in [1.165, 1.54) is 24.3 Å². The number of fused-ring (bicyclic) bond motifs is 1. The van der Waals surface area contributed by atoms with E-state index in [1.807, 2.05) is 19.1 Å². The fraction of sp³-hybridized carbons (Fsp3) is 0.130. The molecule has 0 bridgehead atoms. The average Bonchev–Trinajstić information content (AvgIpc) is 3.21. The average molecular weight is 467 g/mol. The SMILES string of the molecule is Cc1cc(CN)c2nc(-c3ccccc3NS(=O)(=O)c3ccc(OCC(=O)O)cc3)[nH]c2c1. The molecule has 4 aromatic rings. The monoisotopic (exact) mass is 466 g/mol. The molecule has 33 heavy (non-hydrogen) atoms. The van der Waals surface area contributed by atoms with E-state index in [0.29, 0.717) is 23.6 Å². The van der Waals surface area contributed by atoms with E-state index in [2.05, 4.69) is 14.7 Å². The van der Waals surface area contributed by atoms with Crippen LogP contribution >= 0.6 is 0 Å². The number of carboxylic acids is 1. The van der Waals surface area contributed by atoms with E-state index in [1.54, 1.807) is 24.3 Å². The summed E-state index contributed by atoms with van der Waals surface area (Å²) >= 11 is 0. The highest BCUT2D eigenvalue weighted by Crippen LogP contribution is 2.31. The van der Waals surface area contributed by atoms with Gasteiger partial charge in [-0.3, -0.25) is 4.72 Å². The van der Waals surface area contributed by atoms with Gasteiger partial charge >= 0.3 is 5.97 Å². The van der Waals surface area contributed by atoms with Gasteiger partial charge in [-0.1, -0.05) is 18.2 Å². The van der Waals surface area contributed by atoms with Crippen molar-refractivity contribution in [3.8, 4) is 17.1 Å². The van der Waals surface area contributed by atoms with Crippen molar-refractivity contribution in [2.24, 2.45) is 5.73 Å². The first-order valence-electron chi connectivity index (χ1n) is 10.0. The number of nitrogens with two attached hydrogens (primary N) is 1. The molecule has 0 radical (unpaired) electrons. The molecule has 0 aliphatic carbocycles. The summed E-state index contributed by atoms with van der Waals surface area (Å²) < 4.78 is 33.6. The van der Waals surface area contributed by atoms with Gasteiger partial charge in [-0.15, -0.1) is 0 Å². The van der Waals surface area contributed by atoms with Gasteiger partial charge in [0, 0.05) is 12.1 Å². The molecule has 5 N–H and O–H groups in total. The molecule has 0 fully saturated rings. The summed E-state index contributed by atoms with van der Waals surface area (Å²) in [5.74, 6) is -0.352. The molecule has 0 saturated carbocycles. The number of nitrogens with zero attached hydrogens (tertiary/aromatic N) is 1. The van der Waals surface area contributed by atoms with Gasteiger partial charge in [0.2, 0.25) is 0 Å². The fourth-order valence-corrected chi connectivity index (χ4v) is 4.55. The molecule has 170 valence electrons. The van der Waals surface area contributed by atoms with Crippen molar-refractivity contribution in [1.29, 1.82) is 0 Å². The molecule has 0 aliphatic rings. The molecule has 0 atom stereocenters. The van der Waals surface area contributed by atoms with E-state index in [4.69, 9.17) is 15.6 Å². The minimum absolute atomic E-state index is 0.00521. The number of hydrogen-bond donors (Lipinski definition) is 4. The quantitative estimate of drug-likeness (QED) is 0.311. The number of nitrogens with one attached hydrogen (secondary N) is 2. The maximum atomic E-state index is 13.0. The molecular formula is C23H22N4O5S. The van der Waals surface area contributed by atoms with Crippen LogP contribution in [0.15, 0.2) is 65.6 Å². The minimum Gasteiger partial charge on any atom is -0.482 e. The lowest BCUT2D eigenvalue weighted by Gasteiger charge is -2.12. The lowest BCUT2D eigenvalue weighted by atomic mass is 10.1. The Balaban J connectivity index is 1.65. The molecule has 4 rings (SSSR count).